The average Bonchev–Trinajstić information content (AvgIpc) is 2.49. The number of aromatic hydroxyl groups is 1. The van der Waals surface area contributed by atoms with E-state index in [2.05, 4.69) is 5.32 Å². The zero-order valence-corrected chi connectivity index (χ0v) is 6.82. The molecule has 4 heteroatoms. The topological polar surface area (TPSA) is 69.6 Å². The molecule has 0 bridgehead atoms. The molecule has 0 aromatic heterocycles. The Kier molecular flexibility index (Phi) is 1.70. The van der Waals surface area contributed by atoms with E-state index in [9.17, 15) is 9.90 Å². The maximum Gasteiger partial charge on any atom is 0.325 e. The summed E-state index contributed by atoms with van der Waals surface area (Å²) in [5.41, 5.74) is 1.35. The van der Waals surface area contributed by atoms with Crippen molar-refractivity contribution < 1.29 is 15.0 Å². The standard InChI is InChI=1S/C9H9NO3/c11-6-3-1-2-5-4-10-8(7(5)6)9(12)13/h1-3,8,10-11H,4H2,(H,12,13)/t8-/m1/s1. The maximum atomic E-state index is 10.7. The van der Waals surface area contributed by atoms with Crippen LogP contribution in [0.25, 0.3) is 0 Å². The summed E-state index contributed by atoms with van der Waals surface area (Å²) in [6, 6.07) is 4.25. The van der Waals surface area contributed by atoms with Crippen LogP contribution < -0.4 is 5.32 Å². The van der Waals surface area contributed by atoms with Crippen molar-refractivity contribution in [3.63, 3.8) is 0 Å². The first-order chi connectivity index (χ1) is 6.20. The lowest BCUT2D eigenvalue weighted by molar-refractivity contribution is -0.139. The summed E-state index contributed by atoms with van der Waals surface area (Å²) >= 11 is 0. The minimum atomic E-state index is -0.958. The van der Waals surface area contributed by atoms with Crippen LogP contribution in [0.1, 0.15) is 17.2 Å². The van der Waals surface area contributed by atoms with Crippen molar-refractivity contribution in [3.8, 4) is 5.75 Å². The molecule has 1 aliphatic heterocycles. The fraction of sp³-hybridized carbons (Fsp3) is 0.222. The molecule has 3 N–H and O–H groups in total. The molecule has 0 spiro atoms. The van der Waals surface area contributed by atoms with Crippen LogP contribution >= 0.6 is 0 Å². The highest BCUT2D eigenvalue weighted by Gasteiger charge is 2.30. The number of carbonyl (C=O) groups is 1. The van der Waals surface area contributed by atoms with Gasteiger partial charge in [-0.25, -0.2) is 0 Å². The third-order valence-electron chi connectivity index (χ3n) is 2.21. The van der Waals surface area contributed by atoms with E-state index in [0.29, 0.717) is 12.1 Å². The van der Waals surface area contributed by atoms with Gasteiger partial charge in [0.25, 0.3) is 0 Å². The van der Waals surface area contributed by atoms with Gasteiger partial charge in [-0.15, -0.1) is 0 Å². The van der Waals surface area contributed by atoms with Gasteiger partial charge in [-0.2, -0.15) is 0 Å². The van der Waals surface area contributed by atoms with Gasteiger partial charge in [-0.05, 0) is 11.6 Å². The van der Waals surface area contributed by atoms with Gasteiger partial charge in [0.1, 0.15) is 11.8 Å². The van der Waals surface area contributed by atoms with E-state index in [-0.39, 0.29) is 5.75 Å². The van der Waals surface area contributed by atoms with Gasteiger partial charge in [-0.3, -0.25) is 10.1 Å². The molecule has 0 saturated heterocycles. The van der Waals surface area contributed by atoms with Crippen molar-refractivity contribution in [2.24, 2.45) is 0 Å². The molecule has 1 aromatic rings. The smallest absolute Gasteiger partial charge is 0.325 e. The van der Waals surface area contributed by atoms with E-state index >= 15 is 0 Å². The molecular weight excluding hydrogens is 170 g/mol. The molecule has 0 saturated carbocycles. The van der Waals surface area contributed by atoms with Gasteiger partial charge in [0.2, 0.25) is 0 Å². The summed E-state index contributed by atoms with van der Waals surface area (Å²) in [4.78, 5) is 10.7. The fourth-order valence-electron chi connectivity index (χ4n) is 1.61. The second kappa shape index (κ2) is 2.74. The molecule has 0 amide bonds. The lowest BCUT2D eigenvalue weighted by atomic mass is 10.0. The Morgan fingerprint density at radius 1 is 1.54 bits per heavy atom. The van der Waals surface area contributed by atoms with E-state index in [1.807, 2.05) is 6.07 Å². The third kappa shape index (κ3) is 1.15. The number of fused-ring (bicyclic) bond motifs is 1. The van der Waals surface area contributed by atoms with Crippen LogP contribution in [0, 0.1) is 0 Å². The number of hydrogen-bond donors (Lipinski definition) is 3. The minimum absolute atomic E-state index is 0.0508. The number of hydrogen-bond acceptors (Lipinski definition) is 3. The summed E-state index contributed by atoms with van der Waals surface area (Å²) in [5.74, 6) is -0.907. The van der Waals surface area contributed by atoms with Crippen LogP contribution in [-0.4, -0.2) is 16.2 Å². The first-order valence-corrected chi connectivity index (χ1v) is 3.97. The molecule has 1 aliphatic rings. The van der Waals surface area contributed by atoms with Crippen molar-refractivity contribution >= 4 is 5.97 Å². The van der Waals surface area contributed by atoms with Crippen molar-refractivity contribution in [2.45, 2.75) is 12.6 Å². The molecule has 13 heavy (non-hydrogen) atoms. The molecule has 2 rings (SSSR count). The predicted octanol–water partition coefficient (Wildman–Crippen LogP) is 0.621. The van der Waals surface area contributed by atoms with Gasteiger partial charge in [0.15, 0.2) is 0 Å². The van der Waals surface area contributed by atoms with E-state index < -0.39 is 12.0 Å². The number of carboxylic acids is 1. The van der Waals surface area contributed by atoms with Gasteiger partial charge in [0.05, 0.1) is 0 Å². The van der Waals surface area contributed by atoms with Crippen molar-refractivity contribution in [2.75, 3.05) is 0 Å². The quantitative estimate of drug-likeness (QED) is 0.591. The molecule has 1 atom stereocenters. The summed E-state index contributed by atoms with van der Waals surface area (Å²) in [6.45, 7) is 0.501. The highest BCUT2D eigenvalue weighted by atomic mass is 16.4. The van der Waals surface area contributed by atoms with Crippen LogP contribution in [0.15, 0.2) is 18.2 Å². The van der Waals surface area contributed by atoms with Crippen molar-refractivity contribution in [3.05, 3.63) is 29.3 Å². The van der Waals surface area contributed by atoms with E-state index in [1.54, 1.807) is 6.07 Å². The normalized spacial score (nSPS) is 19.8. The van der Waals surface area contributed by atoms with Crippen molar-refractivity contribution in [1.29, 1.82) is 0 Å². The van der Waals surface area contributed by atoms with Crippen LogP contribution in [0.5, 0.6) is 5.75 Å². The zero-order valence-electron chi connectivity index (χ0n) is 6.82. The fourth-order valence-corrected chi connectivity index (χ4v) is 1.61. The Morgan fingerprint density at radius 2 is 2.31 bits per heavy atom. The highest BCUT2D eigenvalue weighted by Crippen LogP contribution is 2.32. The number of aliphatic carboxylic acids is 1. The SMILES string of the molecule is O=C(O)[C@@H]1NCc2cccc(O)c21. The Labute approximate surface area is 74.8 Å². The predicted molar refractivity (Wildman–Crippen MR) is 45.3 cm³/mol. The monoisotopic (exact) mass is 179 g/mol. The summed E-state index contributed by atoms with van der Waals surface area (Å²) < 4.78 is 0. The van der Waals surface area contributed by atoms with E-state index in [0.717, 1.165) is 5.56 Å². The molecule has 1 aromatic carbocycles. The molecule has 0 fully saturated rings. The van der Waals surface area contributed by atoms with E-state index in [1.165, 1.54) is 6.07 Å². The molecule has 1 heterocycles. The number of phenols is 1. The Hall–Kier alpha value is -1.55. The van der Waals surface area contributed by atoms with Gasteiger partial charge in [-0.1, -0.05) is 12.1 Å². The van der Waals surface area contributed by atoms with Gasteiger partial charge >= 0.3 is 5.97 Å². The molecule has 0 aliphatic carbocycles. The number of carboxylic acid groups (broad SMARTS) is 1. The Morgan fingerprint density at radius 3 is 3.00 bits per heavy atom. The second-order valence-corrected chi connectivity index (χ2v) is 3.00. The summed E-state index contributed by atoms with van der Waals surface area (Å²) in [5, 5.41) is 21.1. The van der Waals surface area contributed by atoms with Gasteiger partial charge < -0.3 is 10.2 Å². The lowest BCUT2D eigenvalue weighted by Gasteiger charge is -2.07. The summed E-state index contributed by atoms with van der Waals surface area (Å²) in [7, 11) is 0. The molecule has 0 unspecified atom stereocenters. The average molecular weight is 179 g/mol. The molecular formula is C9H9NO3. The summed E-state index contributed by atoms with van der Waals surface area (Å²) in [6.07, 6.45) is 0. The molecule has 68 valence electrons. The Balaban J connectivity index is 2.52. The zero-order chi connectivity index (χ0) is 9.42. The van der Waals surface area contributed by atoms with Crippen LogP contribution in [0.3, 0.4) is 0 Å². The van der Waals surface area contributed by atoms with Crippen molar-refractivity contribution in [1.82, 2.24) is 5.32 Å². The molecule has 4 nitrogen and oxygen atoms in total. The van der Waals surface area contributed by atoms with Gasteiger partial charge in [0, 0.05) is 12.1 Å². The number of phenolic OH excluding ortho intramolecular Hbond substituents is 1. The number of benzene rings is 1. The van der Waals surface area contributed by atoms with Crippen LogP contribution in [-0.2, 0) is 11.3 Å². The largest absolute Gasteiger partial charge is 0.508 e. The third-order valence-corrected chi connectivity index (χ3v) is 2.21. The maximum absolute atomic E-state index is 10.7. The van der Waals surface area contributed by atoms with E-state index in [4.69, 9.17) is 5.11 Å². The van der Waals surface area contributed by atoms with Crippen LogP contribution in [0.2, 0.25) is 0 Å². The Bertz CT molecular complexity index is 362. The lowest BCUT2D eigenvalue weighted by Crippen LogP contribution is -2.21. The van der Waals surface area contributed by atoms with Crippen LogP contribution in [0.4, 0.5) is 0 Å². The highest BCUT2D eigenvalue weighted by molar-refractivity contribution is 5.78. The first kappa shape index (κ1) is 8.07. The first-order valence-electron chi connectivity index (χ1n) is 3.97. The minimum Gasteiger partial charge on any atom is -0.508 e. The number of nitrogens with one attached hydrogen (secondary N) is 1. The second-order valence-electron chi connectivity index (χ2n) is 3.00. The number of rotatable bonds is 1. The molecule has 0 radical (unpaired) electrons.